The molecule has 0 amide bonds. The molecule has 5 nitrogen and oxygen atoms in total. The van der Waals surface area contributed by atoms with Crippen molar-refractivity contribution in [2.45, 2.75) is 57.3 Å². The number of likely N-dealkylation sites (tertiary alicyclic amines) is 1. The van der Waals surface area contributed by atoms with E-state index >= 15 is 0 Å². The maximum absolute atomic E-state index is 14.2. The van der Waals surface area contributed by atoms with Crippen LogP contribution < -0.4 is 0 Å². The standard InChI is InChI=1S/C24H26ClF3N4O/c1-23(33)7-10-31(11-8-23)14-17-5-4-16(13-19(17)25)18-6-9-32-20(12-15-2-3-15)29-30-22(32)21(18)24(26,27)28/h4-6,9,13,15,33H,2-3,7-8,10-12,14H2,1H3. The van der Waals surface area contributed by atoms with Crippen molar-refractivity contribution < 1.29 is 18.3 Å². The summed E-state index contributed by atoms with van der Waals surface area (Å²) in [6.07, 6.45) is 1.21. The molecule has 1 aliphatic carbocycles. The van der Waals surface area contributed by atoms with Crippen molar-refractivity contribution in [2.24, 2.45) is 5.92 Å². The van der Waals surface area contributed by atoms with Gasteiger partial charge in [-0.1, -0.05) is 23.7 Å². The van der Waals surface area contributed by atoms with E-state index in [1.807, 2.05) is 6.92 Å². The molecular weight excluding hydrogens is 453 g/mol. The third-order valence-corrected chi connectivity index (χ3v) is 7.14. The van der Waals surface area contributed by atoms with E-state index in [0.29, 0.717) is 48.1 Å². The number of nitrogens with zero attached hydrogens (tertiary/aromatic N) is 4. The number of hydrogen-bond acceptors (Lipinski definition) is 4. The molecule has 3 aromatic rings. The fraction of sp³-hybridized carbons (Fsp3) is 0.500. The van der Waals surface area contributed by atoms with Gasteiger partial charge in [0.25, 0.3) is 0 Å². The molecule has 2 aromatic heterocycles. The van der Waals surface area contributed by atoms with Crippen LogP contribution in [0.25, 0.3) is 16.8 Å². The summed E-state index contributed by atoms with van der Waals surface area (Å²) >= 11 is 6.52. The smallest absolute Gasteiger partial charge is 0.390 e. The topological polar surface area (TPSA) is 53.7 Å². The minimum Gasteiger partial charge on any atom is -0.390 e. The molecule has 1 saturated carbocycles. The van der Waals surface area contributed by atoms with Crippen molar-refractivity contribution >= 4 is 17.2 Å². The summed E-state index contributed by atoms with van der Waals surface area (Å²) in [6, 6.07) is 6.55. The van der Waals surface area contributed by atoms with Crippen molar-refractivity contribution in [1.82, 2.24) is 19.5 Å². The van der Waals surface area contributed by atoms with Gasteiger partial charge in [0, 0.05) is 37.3 Å². The van der Waals surface area contributed by atoms with Crippen LogP contribution in [0.2, 0.25) is 5.02 Å². The molecule has 5 rings (SSSR count). The van der Waals surface area contributed by atoms with Crippen molar-refractivity contribution in [3.8, 4) is 11.1 Å². The number of benzene rings is 1. The second-order valence-electron chi connectivity index (χ2n) is 9.64. The van der Waals surface area contributed by atoms with Crippen LogP contribution in [0.3, 0.4) is 0 Å². The molecule has 1 aromatic carbocycles. The number of halogens is 4. The molecule has 1 saturated heterocycles. The van der Waals surface area contributed by atoms with Gasteiger partial charge in [0.2, 0.25) is 0 Å². The van der Waals surface area contributed by atoms with E-state index in [1.165, 1.54) is 10.5 Å². The predicted molar refractivity (Wildman–Crippen MR) is 120 cm³/mol. The highest BCUT2D eigenvalue weighted by Crippen LogP contribution is 2.41. The third kappa shape index (κ3) is 4.74. The number of piperidine rings is 1. The maximum Gasteiger partial charge on any atom is 0.420 e. The molecule has 0 atom stereocenters. The van der Waals surface area contributed by atoms with Crippen molar-refractivity contribution in [1.29, 1.82) is 0 Å². The number of aromatic nitrogens is 3. The second-order valence-corrected chi connectivity index (χ2v) is 10.0. The van der Waals surface area contributed by atoms with E-state index in [9.17, 15) is 18.3 Å². The minimum atomic E-state index is -4.59. The van der Waals surface area contributed by atoms with Gasteiger partial charge in [-0.2, -0.15) is 13.2 Å². The fourth-order valence-electron chi connectivity index (χ4n) is 4.52. The minimum absolute atomic E-state index is 0.0443. The zero-order valence-corrected chi connectivity index (χ0v) is 19.1. The normalized spacial score (nSPS) is 19.3. The Kier molecular flexibility index (Phi) is 5.66. The number of aliphatic hydroxyl groups is 1. The summed E-state index contributed by atoms with van der Waals surface area (Å²) in [5, 5.41) is 18.5. The molecule has 9 heteroatoms. The predicted octanol–water partition coefficient (Wildman–Crippen LogP) is 5.37. The molecule has 2 aliphatic rings. The lowest BCUT2D eigenvalue weighted by Gasteiger charge is -2.35. The zero-order chi connectivity index (χ0) is 23.4. The van der Waals surface area contributed by atoms with Gasteiger partial charge in [-0.15, -0.1) is 10.2 Å². The van der Waals surface area contributed by atoms with E-state index in [4.69, 9.17) is 11.6 Å². The van der Waals surface area contributed by atoms with Gasteiger partial charge in [0.15, 0.2) is 5.65 Å². The first-order chi connectivity index (χ1) is 15.6. The van der Waals surface area contributed by atoms with Gasteiger partial charge in [-0.3, -0.25) is 9.30 Å². The Labute approximate surface area is 195 Å². The van der Waals surface area contributed by atoms with Crippen LogP contribution in [0.5, 0.6) is 0 Å². The highest BCUT2D eigenvalue weighted by molar-refractivity contribution is 6.31. The summed E-state index contributed by atoms with van der Waals surface area (Å²) in [6.45, 7) is 3.92. The highest BCUT2D eigenvalue weighted by Gasteiger charge is 2.38. The molecule has 0 bridgehead atoms. The van der Waals surface area contributed by atoms with Crippen LogP contribution >= 0.6 is 11.6 Å². The van der Waals surface area contributed by atoms with E-state index in [-0.39, 0.29) is 11.2 Å². The van der Waals surface area contributed by atoms with Gasteiger partial charge in [0.05, 0.1) is 5.60 Å². The lowest BCUT2D eigenvalue weighted by molar-refractivity contribution is -0.136. The van der Waals surface area contributed by atoms with E-state index in [1.54, 1.807) is 24.4 Å². The van der Waals surface area contributed by atoms with E-state index < -0.39 is 17.3 Å². The van der Waals surface area contributed by atoms with Gasteiger partial charge < -0.3 is 5.11 Å². The first-order valence-corrected chi connectivity index (χ1v) is 11.7. The zero-order valence-electron chi connectivity index (χ0n) is 18.4. The Balaban J connectivity index is 1.46. The molecule has 0 spiro atoms. The lowest BCUT2D eigenvalue weighted by Crippen LogP contribution is -2.41. The van der Waals surface area contributed by atoms with Crippen molar-refractivity contribution in [3.05, 3.63) is 52.4 Å². The van der Waals surface area contributed by atoms with Gasteiger partial charge in [-0.05, 0) is 67.3 Å². The quantitative estimate of drug-likeness (QED) is 0.536. The Bertz CT molecular complexity index is 1180. The number of hydrogen-bond donors (Lipinski definition) is 1. The molecule has 33 heavy (non-hydrogen) atoms. The fourth-order valence-corrected chi connectivity index (χ4v) is 4.76. The van der Waals surface area contributed by atoms with Crippen molar-refractivity contribution in [2.75, 3.05) is 13.1 Å². The summed E-state index contributed by atoms with van der Waals surface area (Å²) in [7, 11) is 0. The van der Waals surface area contributed by atoms with Crippen LogP contribution in [0.4, 0.5) is 13.2 Å². The van der Waals surface area contributed by atoms with E-state index in [2.05, 4.69) is 15.1 Å². The monoisotopic (exact) mass is 478 g/mol. The first kappa shape index (κ1) is 22.6. The lowest BCUT2D eigenvalue weighted by atomic mass is 9.93. The molecule has 0 radical (unpaired) electrons. The van der Waals surface area contributed by atoms with Crippen LogP contribution in [-0.2, 0) is 19.1 Å². The average molecular weight is 479 g/mol. The van der Waals surface area contributed by atoms with Crippen LogP contribution in [0.1, 0.15) is 49.6 Å². The van der Waals surface area contributed by atoms with Crippen LogP contribution in [0, 0.1) is 5.92 Å². The molecular formula is C24H26ClF3N4O. The van der Waals surface area contributed by atoms with Crippen molar-refractivity contribution in [3.63, 3.8) is 0 Å². The van der Waals surface area contributed by atoms with Crippen LogP contribution in [0.15, 0.2) is 30.5 Å². The molecule has 1 aliphatic heterocycles. The van der Waals surface area contributed by atoms with Gasteiger partial charge >= 0.3 is 6.18 Å². The number of fused-ring (bicyclic) bond motifs is 1. The molecule has 176 valence electrons. The van der Waals surface area contributed by atoms with Crippen LogP contribution in [-0.4, -0.2) is 43.3 Å². The number of alkyl halides is 3. The number of pyridine rings is 1. The summed E-state index contributed by atoms with van der Waals surface area (Å²) < 4.78 is 43.9. The maximum atomic E-state index is 14.2. The first-order valence-electron chi connectivity index (χ1n) is 11.3. The Morgan fingerprint density at radius 2 is 1.88 bits per heavy atom. The average Bonchev–Trinajstić information content (AvgIpc) is 3.48. The Hall–Kier alpha value is -2.16. The van der Waals surface area contributed by atoms with Gasteiger partial charge in [0.1, 0.15) is 11.4 Å². The molecule has 0 unspecified atom stereocenters. The highest BCUT2D eigenvalue weighted by atomic mass is 35.5. The number of rotatable bonds is 5. The molecule has 1 N–H and O–H groups in total. The largest absolute Gasteiger partial charge is 0.420 e. The summed E-state index contributed by atoms with van der Waals surface area (Å²) in [4.78, 5) is 2.20. The Morgan fingerprint density at radius 3 is 2.52 bits per heavy atom. The Morgan fingerprint density at radius 1 is 1.15 bits per heavy atom. The summed E-state index contributed by atoms with van der Waals surface area (Å²) in [5.74, 6) is 1.06. The molecule has 3 heterocycles. The van der Waals surface area contributed by atoms with E-state index in [0.717, 1.165) is 31.5 Å². The molecule has 2 fully saturated rings. The third-order valence-electron chi connectivity index (χ3n) is 6.79. The summed E-state index contributed by atoms with van der Waals surface area (Å²) in [5.41, 5.74) is -0.310. The SMILES string of the molecule is CC1(O)CCN(Cc2ccc(-c3ccn4c(CC5CC5)nnc4c3C(F)(F)F)cc2Cl)CC1. The van der Waals surface area contributed by atoms with Gasteiger partial charge in [-0.25, -0.2) is 0 Å². The second kappa shape index (κ2) is 8.25.